The van der Waals surface area contributed by atoms with Crippen molar-refractivity contribution in [2.24, 2.45) is 5.73 Å². The number of carbonyl (C=O) groups excluding carboxylic acids is 2. The van der Waals surface area contributed by atoms with E-state index >= 15 is 0 Å². The predicted octanol–water partition coefficient (Wildman–Crippen LogP) is 2.64. The average Bonchev–Trinajstić information content (AvgIpc) is 3.02. The fourth-order valence-electron chi connectivity index (χ4n) is 2.40. The summed E-state index contributed by atoms with van der Waals surface area (Å²) >= 11 is 1.55. The van der Waals surface area contributed by atoms with Gasteiger partial charge in [0.2, 0.25) is 5.91 Å². The number of benzene rings is 1. The fourth-order valence-corrected chi connectivity index (χ4v) is 3.10. The number of hydrogen-bond acceptors (Lipinski definition) is 4. The summed E-state index contributed by atoms with van der Waals surface area (Å²) in [6.45, 7) is 4.65. The van der Waals surface area contributed by atoms with Crippen molar-refractivity contribution in [1.82, 2.24) is 15.2 Å². The Morgan fingerprint density at radius 1 is 1.28 bits per heavy atom. The lowest BCUT2D eigenvalue weighted by molar-refractivity contribution is -0.118. The van der Waals surface area contributed by atoms with E-state index in [-0.39, 0.29) is 18.5 Å². The zero-order chi connectivity index (χ0) is 18.2. The van der Waals surface area contributed by atoms with Crippen molar-refractivity contribution < 1.29 is 9.59 Å². The summed E-state index contributed by atoms with van der Waals surface area (Å²) in [5.41, 5.74) is 7.22. The molecule has 0 unspecified atom stereocenters. The number of thiazole rings is 1. The van der Waals surface area contributed by atoms with Crippen molar-refractivity contribution in [1.29, 1.82) is 0 Å². The van der Waals surface area contributed by atoms with Gasteiger partial charge in [-0.05, 0) is 25.8 Å². The molecule has 0 saturated carbocycles. The summed E-state index contributed by atoms with van der Waals surface area (Å²) in [5.74, 6) is -0.416. The van der Waals surface area contributed by atoms with Crippen LogP contribution in [-0.2, 0) is 11.2 Å². The lowest BCUT2D eigenvalue weighted by Gasteiger charge is -2.24. The summed E-state index contributed by atoms with van der Waals surface area (Å²) in [6.07, 6.45) is 0.865. The molecule has 25 heavy (non-hydrogen) atoms. The van der Waals surface area contributed by atoms with Crippen LogP contribution in [0.2, 0.25) is 0 Å². The minimum Gasteiger partial charge on any atom is -0.370 e. The molecule has 1 aromatic carbocycles. The van der Waals surface area contributed by atoms with Crippen LogP contribution in [0.1, 0.15) is 35.7 Å². The molecule has 0 fully saturated rings. The number of nitrogens with two attached hydrogens (primary N) is 1. The molecule has 0 bridgehead atoms. The molecule has 2 aromatic rings. The number of primary amides is 1. The average molecular weight is 360 g/mol. The van der Waals surface area contributed by atoms with Gasteiger partial charge in [0.1, 0.15) is 0 Å². The molecule has 0 aliphatic rings. The van der Waals surface area contributed by atoms with Gasteiger partial charge in [-0.3, -0.25) is 4.79 Å². The van der Waals surface area contributed by atoms with Gasteiger partial charge in [0.05, 0.1) is 16.7 Å². The summed E-state index contributed by atoms with van der Waals surface area (Å²) in [5, 5.41) is 5.85. The second kappa shape index (κ2) is 9.17. The van der Waals surface area contributed by atoms with Crippen LogP contribution in [0.3, 0.4) is 0 Å². The van der Waals surface area contributed by atoms with Crippen molar-refractivity contribution in [3.63, 3.8) is 0 Å². The van der Waals surface area contributed by atoms with E-state index in [9.17, 15) is 9.59 Å². The monoisotopic (exact) mass is 360 g/mol. The van der Waals surface area contributed by atoms with Crippen LogP contribution in [0, 0.1) is 6.92 Å². The Morgan fingerprint density at radius 3 is 2.60 bits per heavy atom. The number of nitrogens with zero attached hydrogens (tertiary/aromatic N) is 2. The molecule has 3 N–H and O–H groups in total. The van der Waals surface area contributed by atoms with Gasteiger partial charge in [0, 0.05) is 24.9 Å². The third-order valence-corrected chi connectivity index (χ3v) is 4.64. The van der Waals surface area contributed by atoms with Crippen LogP contribution >= 0.6 is 11.3 Å². The fraction of sp³-hybridized carbons (Fsp3) is 0.389. The summed E-state index contributed by atoms with van der Waals surface area (Å²) < 4.78 is 0. The molecule has 0 aliphatic heterocycles. The van der Waals surface area contributed by atoms with Crippen LogP contribution < -0.4 is 11.1 Å². The Morgan fingerprint density at radius 2 is 2.00 bits per heavy atom. The van der Waals surface area contributed by atoms with Crippen LogP contribution in [0.15, 0.2) is 35.7 Å². The lowest BCUT2D eigenvalue weighted by Crippen LogP contribution is -2.43. The van der Waals surface area contributed by atoms with Crippen molar-refractivity contribution >= 4 is 23.3 Å². The highest BCUT2D eigenvalue weighted by atomic mass is 32.1. The lowest BCUT2D eigenvalue weighted by atomic mass is 10.1. The predicted molar refractivity (Wildman–Crippen MR) is 99.3 cm³/mol. The van der Waals surface area contributed by atoms with E-state index in [2.05, 4.69) is 10.3 Å². The first-order chi connectivity index (χ1) is 12.0. The van der Waals surface area contributed by atoms with Crippen LogP contribution in [0.4, 0.5) is 4.79 Å². The maximum absolute atomic E-state index is 12.6. The Hall–Kier alpha value is -2.41. The SMILES string of the molecule is Cc1nc([C@H](C)NC(=O)N(CCC(N)=O)CCc2ccccc2)cs1. The normalized spacial score (nSPS) is 11.8. The minimum absolute atomic E-state index is 0.145. The zero-order valence-corrected chi connectivity index (χ0v) is 15.4. The number of amides is 3. The van der Waals surface area contributed by atoms with Gasteiger partial charge in [0.25, 0.3) is 0 Å². The Labute approximate surface area is 152 Å². The van der Waals surface area contributed by atoms with E-state index < -0.39 is 5.91 Å². The van der Waals surface area contributed by atoms with Crippen molar-refractivity contribution in [2.45, 2.75) is 32.7 Å². The third-order valence-electron chi connectivity index (χ3n) is 3.85. The van der Waals surface area contributed by atoms with Crippen molar-refractivity contribution in [3.8, 4) is 0 Å². The topological polar surface area (TPSA) is 88.3 Å². The van der Waals surface area contributed by atoms with E-state index in [1.165, 1.54) is 0 Å². The molecule has 3 amide bonds. The molecule has 0 aliphatic carbocycles. The molecule has 0 radical (unpaired) electrons. The second-order valence-electron chi connectivity index (χ2n) is 5.90. The number of carbonyl (C=O) groups is 2. The highest BCUT2D eigenvalue weighted by Gasteiger charge is 2.18. The van der Waals surface area contributed by atoms with E-state index in [1.807, 2.05) is 49.6 Å². The number of urea groups is 1. The van der Waals surface area contributed by atoms with Crippen LogP contribution in [-0.4, -0.2) is 34.9 Å². The quantitative estimate of drug-likeness (QED) is 0.758. The van der Waals surface area contributed by atoms with Gasteiger partial charge < -0.3 is 16.0 Å². The molecular weight excluding hydrogens is 336 g/mol. The first-order valence-corrected chi connectivity index (χ1v) is 9.13. The smallest absolute Gasteiger partial charge is 0.317 e. The largest absolute Gasteiger partial charge is 0.370 e. The number of aryl methyl sites for hydroxylation is 1. The van der Waals surface area contributed by atoms with E-state index in [0.29, 0.717) is 13.1 Å². The van der Waals surface area contributed by atoms with Gasteiger partial charge in [0.15, 0.2) is 0 Å². The number of rotatable bonds is 8. The minimum atomic E-state index is -0.416. The molecule has 7 heteroatoms. The maximum atomic E-state index is 12.6. The second-order valence-corrected chi connectivity index (χ2v) is 6.96. The van der Waals surface area contributed by atoms with E-state index in [4.69, 9.17) is 5.73 Å². The van der Waals surface area contributed by atoms with Gasteiger partial charge >= 0.3 is 6.03 Å². The van der Waals surface area contributed by atoms with Crippen LogP contribution in [0.25, 0.3) is 0 Å². The molecule has 1 atom stereocenters. The number of aromatic nitrogens is 1. The maximum Gasteiger partial charge on any atom is 0.317 e. The molecule has 134 valence electrons. The Kier molecular flexibility index (Phi) is 6.94. The number of hydrogen-bond donors (Lipinski definition) is 2. The van der Waals surface area contributed by atoms with Gasteiger partial charge in [-0.15, -0.1) is 11.3 Å². The zero-order valence-electron chi connectivity index (χ0n) is 14.6. The Bertz CT molecular complexity index is 702. The molecule has 1 heterocycles. The summed E-state index contributed by atoms with van der Waals surface area (Å²) in [4.78, 5) is 29.7. The van der Waals surface area contributed by atoms with Gasteiger partial charge in [-0.25, -0.2) is 9.78 Å². The van der Waals surface area contributed by atoms with Crippen molar-refractivity contribution in [3.05, 3.63) is 52.0 Å². The highest BCUT2D eigenvalue weighted by Crippen LogP contribution is 2.16. The van der Waals surface area contributed by atoms with E-state index in [0.717, 1.165) is 22.7 Å². The third kappa shape index (κ3) is 6.19. The van der Waals surface area contributed by atoms with Gasteiger partial charge in [-0.1, -0.05) is 30.3 Å². The molecule has 1 aromatic heterocycles. The van der Waals surface area contributed by atoms with Crippen LogP contribution in [0.5, 0.6) is 0 Å². The molecule has 2 rings (SSSR count). The molecule has 6 nitrogen and oxygen atoms in total. The van der Waals surface area contributed by atoms with Gasteiger partial charge in [-0.2, -0.15) is 0 Å². The first kappa shape index (κ1) is 18.9. The molecule has 0 spiro atoms. The number of nitrogens with one attached hydrogen (secondary N) is 1. The first-order valence-electron chi connectivity index (χ1n) is 8.25. The van der Waals surface area contributed by atoms with Crippen molar-refractivity contribution in [2.75, 3.05) is 13.1 Å². The molecule has 0 saturated heterocycles. The Balaban J connectivity index is 1.97. The highest BCUT2D eigenvalue weighted by molar-refractivity contribution is 7.09. The summed E-state index contributed by atoms with van der Waals surface area (Å²) in [6, 6.07) is 9.53. The molecular formula is C18H24N4O2S. The van der Waals surface area contributed by atoms with E-state index in [1.54, 1.807) is 16.2 Å². The standard InChI is InChI=1S/C18H24N4O2S/c1-13(16-12-25-14(2)21-16)20-18(24)22(11-9-17(19)23)10-8-15-6-4-3-5-7-15/h3-7,12-13H,8-11H2,1-2H3,(H2,19,23)(H,20,24)/t13-/m0/s1. The summed E-state index contributed by atoms with van der Waals surface area (Å²) in [7, 11) is 0.